The molecule has 1 heterocycles. The summed E-state index contributed by atoms with van der Waals surface area (Å²) < 4.78 is 42.5. The summed E-state index contributed by atoms with van der Waals surface area (Å²) in [6, 6.07) is 3.23. The zero-order valence-corrected chi connectivity index (χ0v) is 18.6. The van der Waals surface area contributed by atoms with Crippen LogP contribution in [0.3, 0.4) is 0 Å². The molecule has 2 fully saturated rings. The van der Waals surface area contributed by atoms with Crippen LogP contribution in [-0.2, 0) is 24.3 Å². The lowest BCUT2D eigenvalue weighted by Crippen LogP contribution is -2.45. The van der Waals surface area contributed by atoms with Gasteiger partial charge in [0.15, 0.2) is 6.61 Å². The lowest BCUT2D eigenvalue weighted by atomic mass is 10.2. The van der Waals surface area contributed by atoms with Gasteiger partial charge < -0.3 is 19.5 Å². The van der Waals surface area contributed by atoms with E-state index in [0.717, 1.165) is 31.7 Å². The molecule has 1 aliphatic carbocycles. The summed E-state index contributed by atoms with van der Waals surface area (Å²) in [5, 5.41) is 4.80. The van der Waals surface area contributed by atoms with Gasteiger partial charge in [-0.1, -0.05) is 12.8 Å². The summed E-state index contributed by atoms with van der Waals surface area (Å²) in [6.45, 7) is 0.223. The molecule has 1 aromatic rings. The van der Waals surface area contributed by atoms with Gasteiger partial charge in [-0.25, -0.2) is 18.0 Å². The summed E-state index contributed by atoms with van der Waals surface area (Å²) in [6.07, 6.45) is 3.79. The van der Waals surface area contributed by atoms with E-state index in [4.69, 9.17) is 14.2 Å². The van der Waals surface area contributed by atoms with Gasteiger partial charge in [-0.2, -0.15) is 4.31 Å². The highest BCUT2D eigenvalue weighted by Gasteiger charge is 2.30. The third-order valence-corrected chi connectivity index (χ3v) is 7.18. The number of imide groups is 1. The third kappa shape index (κ3) is 5.96. The van der Waals surface area contributed by atoms with Crippen molar-refractivity contribution in [3.8, 4) is 5.75 Å². The van der Waals surface area contributed by atoms with Gasteiger partial charge >= 0.3 is 12.0 Å². The van der Waals surface area contributed by atoms with Crippen LogP contribution in [0.25, 0.3) is 0 Å². The van der Waals surface area contributed by atoms with E-state index in [0.29, 0.717) is 0 Å². The minimum atomic E-state index is -3.93. The van der Waals surface area contributed by atoms with Gasteiger partial charge in [0.25, 0.3) is 5.91 Å². The van der Waals surface area contributed by atoms with Crippen LogP contribution in [0.1, 0.15) is 36.0 Å². The standard InChI is InChI=1S/C20H27N3O8S/c1-29-16-7-6-14(12-17(16)32(27,28)23-8-10-30-11-9-23)19(25)31-13-18(24)22-20(26)21-15-4-2-3-5-15/h6-7,12,15H,2-5,8-11,13H2,1H3,(H2,21,22,24,26). The number of nitrogens with zero attached hydrogens (tertiary/aromatic N) is 1. The topological polar surface area (TPSA) is 140 Å². The first-order chi connectivity index (χ1) is 15.3. The quantitative estimate of drug-likeness (QED) is 0.555. The summed E-state index contributed by atoms with van der Waals surface area (Å²) >= 11 is 0. The van der Waals surface area contributed by atoms with Gasteiger partial charge in [-0.15, -0.1) is 0 Å². The van der Waals surface area contributed by atoms with Crippen molar-refractivity contribution < 1.29 is 37.0 Å². The van der Waals surface area contributed by atoms with Crippen molar-refractivity contribution in [2.75, 3.05) is 40.0 Å². The zero-order chi connectivity index (χ0) is 23.1. The van der Waals surface area contributed by atoms with Crippen LogP contribution >= 0.6 is 0 Å². The molecular weight excluding hydrogens is 442 g/mol. The van der Waals surface area contributed by atoms with Gasteiger partial charge in [0, 0.05) is 19.1 Å². The SMILES string of the molecule is COc1ccc(C(=O)OCC(=O)NC(=O)NC2CCCC2)cc1S(=O)(=O)N1CCOCC1. The summed E-state index contributed by atoms with van der Waals surface area (Å²) in [4.78, 5) is 35.9. The Morgan fingerprint density at radius 2 is 1.84 bits per heavy atom. The number of morpholine rings is 1. The predicted molar refractivity (Wildman–Crippen MR) is 112 cm³/mol. The molecular formula is C20H27N3O8S. The average molecular weight is 470 g/mol. The second kappa shape index (κ2) is 10.7. The van der Waals surface area contributed by atoms with Crippen LogP contribution in [0.5, 0.6) is 5.75 Å². The van der Waals surface area contributed by atoms with Crippen LogP contribution in [0.2, 0.25) is 0 Å². The molecule has 11 nitrogen and oxygen atoms in total. The fourth-order valence-electron chi connectivity index (χ4n) is 3.60. The smallest absolute Gasteiger partial charge is 0.338 e. The Kier molecular flexibility index (Phi) is 8.04. The highest BCUT2D eigenvalue weighted by atomic mass is 32.2. The average Bonchev–Trinajstić information content (AvgIpc) is 3.30. The fourth-order valence-corrected chi connectivity index (χ4v) is 5.19. The number of esters is 1. The first-order valence-corrected chi connectivity index (χ1v) is 11.8. The number of rotatable bonds is 7. The normalized spacial score (nSPS) is 17.5. The van der Waals surface area contributed by atoms with Crippen molar-refractivity contribution in [2.45, 2.75) is 36.6 Å². The van der Waals surface area contributed by atoms with Crippen molar-refractivity contribution in [1.29, 1.82) is 0 Å². The molecule has 0 atom stereocenters. The van der Waals surface area contributed by atoms with Crippen molar-refractivity contribution >= 4 is 27.9 Å². The van der Waals surface area contributed by atoms with Gasteiger partial charge in [0.2, 0.25) is 10.0 Å². The summed E-state index contributed by atoms with van der Waals surface area (Å²) in [5.74, 6) is -1.62. The molecule has 1 saturated heterocycles. The number of ether oxygens (including phenoxy) is 3. The molecule has 3 rings (SSSR count). The minimum absolute atomic E-state index is 0.0384. The molecule has 1 aromatic carbocycles. The fraction of sp³-hybridized carbons (Fsp3) is 0.550. The molecule has 3 amide bonds. The van der Waals surface area contributed by atoms with Crippen LogP contribution in [-0.4, -0.2) is 76.7 Å². The van der Waals surface area contributed by atoms with E-state index in [1.807, 2.05) is 0 Å². The largest absolute Gasteiger partial charge is 0.495 e. The highest BCUT2D eigenvalue weighted by Crippen LogP contribution is 2.28. The Labute approximate surface area is 186 Å². The Bertz CT molecular complexity index is 954. The maximum Gasteiger partial charge on any atom is 0.338 e. The number of carbonyl (C=O) groups is 3. The molecule has 0 radical (unpaired) electrons. The van der Waals surface area contributed by atoms with E-state index in [9.17, 15) is 22.8 Å². The molecule has 1 saturated carbocycles. The van der Waals surface area contributed by atoms with Crippen LogP contribution < -0.4 is 15.4 Å². The summed E-state index contributed by atoms with van der Waals surface area (Å²) in [5.41, 5.74) is -0.0687. The Morgan fingerprint density at radius 3 is 2.50 bits per heavy atom. The van der Waals surface area contributed by atoms with Crippen molar-refractivity contribution in [2.24, 2.45) is 0 Å². The number of hydrogen-bond acceptors (Lipinski definition) is 8. The van der Waals surface area contributed by atoms with E-state index < -0.39 is 34.5 Å². The molecule has 2 aliphatic rings. The number of carbonyl (C=O) groups excluding carboxylic acids is 3. The van der Waals surface area contributed by atoms with E-state index in [1.54, 1.807) is 0 Å². The number of nitrogens with one attached hydrogen (secondary N) is 2. The number of amides is 3. The van der Waals surface area contributed by atoms with E-state index in [-0.39, 0.29) is 48.6 Å². The molecule has 1 aliphatic heterocycles. The Hall–Kier alpha value is -2.70. The zero-order valence-electron chi connectivity index (χ0n) is 17.8. The molecule has 0 bridgehead atoms. The molecule has 12 heteroatoms. The maximum atomic E-state index is 13.0. The molecule has 0 spiro atoms. The van der Waals surface area contributed by atoms with Crippen LogP contribution in [0, 0.1) is 0 Å². The Morgan fingerprint density at radius 1 is 1.16 bits per heavy atom. The van der Waals surface area contributed by atoms with Gasteiger partial charge in [-0.3, -0.25) is 10.1 Å². The van der Waals surface area contributed by atoms with E-state index in [1.165, 1.54) is 23.5 Å². The molecule has 2 N–H and O–H groups in total. The van der Waals surface area contributed by atoms with Crippen molar-refractivity contribution in [1.82, 2.24) is 14.9 Å². The first kappa shape index (κ1) is 24.0. The van der Waals surface area contributed by atoms with Crippen molar-refractivity contribution in [3.05, 3.63) is 23.8 Å². The summed E-state index contributed by atoms with van der Waals surface area (Å²) in [7, 11) is -2.61. The molecule has 0 aromatic heterocycles. The lowest BCUT2D eigenvalue weighted by molar-refractivity contribution is -0.123. The molecule has 0 unspecified atom stereocenters. The predicted octanol–water partition coefficient (Wildman–Crippen LogP) is 0.641. The van der Waals surface area contributed by atoms with Crippen molar-refractivity contribution in [3.63, 3.8) is 0 Å². The molecule has 32 heavy (non-hydrogen) atoms. The number of hydrogen-bond donors (Lipinski definition) is 2. The monoisotopic (exact) mass is 469 g/mol. The molecule has 176 valence electrons. The first-order valence-electron chi connectivity index (χ1n) is 10.3. The highest BCUT2D eigenvalue weighted by molar-refractivity contribution is 7.89. The maximum absolute atomic E-state index is 13.0. The van der Waals surface area contributed by atoms with E-state index in [2.05, 4.69) is 10.6 Å². The van der Waals surface area contributed by atoms with Gasteiger partial charge in [0.05, 0.1) is 25.9 Å². The Balaban J connectivity index is 1.62. The second-order valence-electron chi connectivity index (χ2n) is 7.46. The third-order valence-electron chi connectivity index (χ3n) is 5.26. The minimum Gasteiger partial charge on any atom is -0.495 e. The van der Waals surface area contributed by atoms with Gasteiger partial charge in [-0.05, 0) is 31.0 Å². The number of methoxy groups -OCH3 is 1. The second-order valence-corrected chi connectivity index (χ2v) is 9.37. The van der Waals surface area contributed by atoms with Crippen LogP contribution in [0.15, 0.2) is 23.1 Å². The van der Waals surface area contributed by atoms with Gasteiger partial charge in [0.1, 0.15) is 10.6 Å². The van der Waals surface area contributed by atoms with E-state index >= 15 is 0 Å². The number of sulfonamides is 1. The van der Waals surface area contributed by atoms with Crippen LogP contribution in [0.4, 0.5) is 4.79 Å². The number of benzene rings is 1. The lowest BCUT2D eigenvalue weighted by Gasteiger charge is -2.26. The number of urea groups is 1.